The SMILES string of the molecule is C=CC(=O)N1CCC(Nc2ncc(C#N)c(C#Cc3cc(OC)cc(OC)c3)n2)C1. The molecular formula is C22H21N5O3. The zero-order valence-corrected chi connectivity index (χ0v) is 16.8. The second-order valence-corrected chi connectivity index (χ2v) is 6.54. The number of aromatic nitrogens is 2. The van der Waals surface area contributed by atoms with Crippen LogP contribution in [0.4, 0.5) is 5.95 Å². The van der Waals surface area contributed by atoms with Gasteiger partial charge in [-0.1, -0.05) is 12.5 Å². The van der Waals surface area contributed by atoms with E-state index in [1.54, 1.807) is 37.3 Å². The van der Waals surface area contributed by atoms with E-state index in [2.05, 4.69) is 39.8 Å². The van der Waals surface area contributed by atoms with Gasteiger partial charge in [-0.25, -0.2) is 9.97 Å². The lowest BCUT2D eigenvalue weighted by Crippen LogP contribution is -2.30. The number of amides is 1. The van der Waals surface area contributed by atoms with Gasteiger partial charge in [-0.3, -0.25) is 4.79 Å². The van der Waals surface area contributed by atoms with Gasteiger partial charge in [-0.15, -0.1) is 0 Å². The number of nitrogens with one attached hydrogen (secondary N) is 1. The highest BCUT2D eigenvalue weighted by Gasteiger charge is 2.25. The van der Waals surface area contributed by atoms with Crippen molar-refractivity contribution in [2.45, 2.75) is 12.5 Å². The van der Waals surface area contributed by atoms with Gasteiger partial charge in [0, 0.05) is 30.8 Å². The van der Waals surface area contributed by atoms with Crippen molar-refractivity contribution in [2.24, 2.45) is 0 Å². The van der Waals surface area contributed by atoms with Crippen molar-refractivity contribution in [3.63, 3.8) is 0 Å². The molecule has 2 aromatic rings. The van der Waals surface area contributed by atoms with Gasteiger partial charge in [0.05, 0.1) is 20.4 Å². The molecule has 8 nitrogen and oxygen atoms in total. The van der Waals surface area contributed by atoms with Gasteiger partial charge in [-0.2, -0.15) is 5.26 Å². The number of benzene rings is 1. The minimum absolute atomic E-state index is 0.0188. The summed E-state index contributed by atoms with van der Waals surface area (Å²) in [4.78, 5) is 22.0. The van der Waals surface area contributed by atoms with Crippen LogP contribution in [0, 0.1) is 23.2 Å². The van der Waals surface area contributed by atoms with Crippen molar-refractivity contribution in [1.82, 2.24) is 14.9 Å². The molecule has 2 heterocycles. The second kappa shape index (κ2) is 9.44. The Bertz CT molecular complexity index is 1040. The van der Waals surface area contributed by atoms with E-state index in [9.17, 15) is 10.1 Å². The predicted octanol–water partition coefficient (Wildman–Crippen LogP) is 1.96. The number of hydrogen-bond donors (Lipinski definition) is 1. The number of anilines is 1. The van der Waals surface area contributed by atoms with Crippen LogP contribution in [-0.4, -0.2) is 54.1 Å². The first-order valence-electron chi connectivity index (χ1n) is 9.26. The van der Waals surface area contributed by atoms with Crippen LogP contribution >= 0.6 is 0 Å². The van der Waals surface area contributed by atoms with Crippen molar-refractivity contribution < 1.29 is 14.3 Å². The number of hydrogen-bond acceptors (Lipinski definition) is 7. The zero-order valence-electron chi connectivity index (χ0n) is 16.8. The fourth-order valence-electron chi connectivity index (χ4n) is 3.03. The van der Waals surface area contributed by atoms with E-state index < -0.39 is 0 Å². The third-order valence-electron chi connectivity index (χ3n) is 4.59. The summed E-state index contributed by atoms with van der Waals surface area (Å²) in [7, 11) is 3.13. The Hall–Kier alpha value is -4.04. The van der Waals surface area contributed by atoms with Crippen LogP contribution in [0.2, 0.25) is 0 Å². The summed E-state index contributed by atoms with van der Waals surface area (Å²) in [6, 6.07) is 7.37. The number of carbonyl (C=O) groups excluding carboxylic acids is 1. The summed E-state index contributed by atoms with van der Waals surface area (Å²) in [5.74, 6) is 7.42. The fourth-order valence-corrected chi connectivity index (χ4v) is 3.03. The van der Waals surface area contributed by atoms with Crippen molar-refractivity contribution in [1.29, 1.82) is 5.26 Å². The van der Waals surface area contributed by atoms with E-state index in [-0.39, 0.29) is 17.5 Å². The largest absolute Gasteiger partial charge is 0.497 e. The van der Waals surface area contributed by atoms with Crippen molar-refractivity contribution in [3.8, 4) is 29.4 Å². The molecule has 1 fully saturated rings. The Morgan fingerprint density at radius 1 is 1.30 bits per heavy atom. The van der Waals surface area contributed by atoms with E-state index in [1.165, 1.54) is 12.3 Å². The van der Waals surface area contributed by atoms with Gasteiger partial charge in [-0.05, 0) is 30.6 Å². The highest BCUT2D eigenvalue weighted by atomic mass is 16.5. The average molecular weight is 403 g/mol. The minimum Gasteiger partial charge on any atom is -0.497 e. The summed E-state index contributed by atoms with van der Waals surface area (Å²) in [5.41, 5.74) is 1.25. The van der Waals surface area contributed by atoms with Gasteiger partial charge in [0.1, 0.15) is 28.8 Å². The van der Waals surface area contributed by atoms with Gasteiger partial charge < -0.3 is 19.7 Å². The second-order valence-electron chi connectivity index (χ2n) is 6.54. The number of ether oxygens (including phenoxy) is 2. The molecular weight excluding hydrogens is 382 g/mol. The molecule has 1 saturated heterocycles. The van der Waals surface area contributed by atoms with Crippen LogP contribution in [0.5, 0.6) is 11.5 Å². The number of carbonyl (C=O) groups is 1. The van der Waals surface area contributed by atoms with Gasteiger partial charge >= 0.3 is 0 Å². The van der Waals surface area contributed by atoms with Crippen molar-refractivity contribution >= 4 is 11.9 Å². The highest BCUT2D eigenvalue weighted by molar-refractivity contribution is 5.87. The number of nitriles is 1. The predicted molar refractivity (Wildman–Crippen MR) is 111 cm³/mol. The monoisotopic (exact) mass is 403 g/mol. The molecule has 0 bridgehead atoms. The number of nitrogens with zero attached hydrogens (tertiary/aromatic N) is 4. The van der Waals surface area contributed by atoms with E-state index in [0.29, 0.717) is 41.8 Å². The van der Waals surface area contributed by atoms with Gasteiger partial charge in [0.25, 0.3) is 0 Å². The molecule has 1 aromatic carbocycles. The topological polar surface area (TPSA) is 100 Å². The van der Waals surface area contributed by atoms with E-state index >= 15 is 0 Å². The first kappa shape index (κ1) is 20.7. The molecule has 1 aliphatic rings. The normalized spacial score (nSPS) is 14.8. The number of methoxy groups -OCH3 is 2. The molecule has 1 aliphatic heterocycles. The molecule has 1 aromatic heterocycles. The molecule has 1 unspecified atom stereocenters. The summed E-state index contributed by atoms with van der Waals surface area (Å²) < 4.78 is 10.5. The van der Waals surface area contributed by atoms with Crippen molar-refractivity contribution in [2.75, 3.05) is 32.6 Å². The minimum atomic E-state index is -0.0969. The number of likely N-dealkylation sites (tertiary alicyclic amines) is 1. The summed E-state index contributed by atoms with van der Waals surface area (Å²) in [5, 5.41) is 12.6. The standard InChI is InChI=1S/C22H21N5O3/c1-4-21(28)27-8-7-17(14-27)25-22-24-13-16(12-23)20(26-22)6-5-15-9-18(29-2)11-19(10-15)30-3/h4,9-11,13,17H,1,7-8,14H2,2-3H3,(H,24,25,26). The van der Waals surface area contributed by atoms with E-state index in [1.807, 2.05) is 0 Å². The van der Waals surface area contributed by atoms with Gasteiger partial charge in [0.15, 0.2) is 0 Å². The lowest BCUT2D eigenvalue weighted by molar-refractivity contribution is -0.125. The third kappa shape index (κ3) is 4.86. The Morgan fingerprint density at radius 2 is 2.03 bits per heavy atom. The molecule has 0 saturated carbocycles. The molecule has 3 rings (SSSR count). The van der Waals surface area contributed by atoms with Gasteiger partial charge in [0.2, 0.25) is 11.9 Å². The lowest BCUT2D eigenvalue weighted by atomic mass is 10.2. The van der Waals surface area contributed by atoms with E-state index in [0.717, 1.165) is 6.42 Å². The van der Waals surface area contributed by atoms with Crippen LogP contribution in [0.15, 0.2) is 37.1 Å². The molecule has 152 valence electrons. The number of rotatable bonds is 5. The Morgan fingerprint density at radius 3 is 2.67 bits per heavy atom. The smallest absolute Gasteiger partial charge is 0.246 e. The Kier molecular flexibility index (Phi) is 6.51. The van der Waals surface area contributed by atoms with E-state index in [4.69, 9.17) is 9.47 Å². The molecule has 1 atom stereocenters. The molecule has 0 spiro atoms. The highest BCUT2D eigenvalue weighted by Crippen LogP contribution is 2.22. The van der Waals surface area contributed by atoms with Crippen molar-refractivity contribution in [3.05, 3.63) is 53.9 Å². The fraction of sp³-hybridized carbons (Fsp3) is 0.273. The molecule has 0 aliphatic carbocycles. The molecule has 1 amide bonds. The summed E-state index contributed by atoms with van der Waals surface area (Å²) in [6.45, 7) is 4.70. The van der Waals surface area contributed by atoms with Crippen LogP contribution < -0.4 is 14.8 Å². The first-order chi connectivity index (χ1) is 14.6. The van der Waals surface area contributed by atoms with Crippen LogP contribution in [-0.2, 0) is 4.79 Å². The summed E-state index contributed by atoms with van der Waals surface area (Å²) >= 11 is 0. The Labute approximate surface area is 175 Å². The first-order valence-corrected chi connectivity index (χ1v) is 9.26. The third-order valence-corrected chi connectivity index (χ3v) is 4.59. The molecule has 30 heavy (non-hydrogen) atoms. The van der Waals surface area contributed by atoms with Crippen LogP contribution in [0.1, 0.15) is 23.2 Å². The summed E-state index contributed by atoms with van der Waals surface area (Å²) in [6.07, 6.45) is 3.52. The van der Waals surface area contributed by atoms with Crippen LogP contribution in [0.3, 0.4) is 0 Å². The Balaban J connectivity index is 1.82. The maximum absolute atomic E-state index is 11.7. The average Bonchev–Trinajstić information content (AvgIpc) is 3.25. The maximum atomic E-state index is 11.7. The molecule has 8 heteroatoms. The molecule has 1 N–H and O–H groups in total. The maximum Gasteiger partial charge on any atom is 0.246 e. The lowest BCUT2D eigenvalue weighted by Gasteiger charge is -2.15. The zero-order chi connectivity index (χ0) is 21.5. The quantitative estimate of drug-likeness (QED) is 0.602. The van der Waals surface area contributed by atoms with Crippen LogP contribution in [0.25, 0.3) is 0 Å². The molecule has 0 radical (unpaired) electrons.